The number of nitrogens with one attached hydrogen (secondary N) is 3. The largest absolute Gasteiger partial charge is 0.495 e. The fourth-order valence-corrected chi connectivity index (χ4v) is 3.14. The third-order valence-electron chi connectivity index (χ3n) is 4.75. The van der Waals surface area contributed by atoms with E-state index in [-0.39, 0.29) is 29.9 Å². The SMILES string of the molecule is CCNC(=NCc1ccc(OC)c(NC(C)=O)c1)NCc1cc(C(CC)CC)no1.I. The number of aromatic nitrogens is 1. The summed E-state index contributed by atoms with van der Waals surface area (Å²) in [7, 11) is 1.57. The Balaban J connectivity index is 0.00000480. The van der Waals surface area contributed by atoms with Crippen LogP contribution in [0.3, 0.4) is 0 Å². The summed E-state index contributed by atoms with van der Waals surface area (Å²) in [6.07, 6.45) is 2.09. The van der Waals surface area contributed by atoms with E-state index in [4.69, 9.17) is 9.26 Å². The average Bonchev–Trinajstić information content (AvgIpc) is 3.19. The van der Waals surface area contributed by atoms with E-state index in [9.17, 15) is 4.79 Å². The molecule has 0 aliphatic carbocycles. The van der Waals surface area contributed by atoms with Gasteiger partial charge in [-0.1, -0.05) is 25.1 Å². The molecule has 8 nitrogen and oxygen atoms in total. The van der Waals surface area contributed by atoms with E-state index in [2.05, 4.69) is 39.9 Å². The number of halogens is 1. The summed E-state index contributed by atoms with van der Waals surface area (Å²) in [6.45, 7) is 9.48. The van der Waals surface area contributed by atoms with E-state index >= 15 is 0 Å². The fourth-order valence-electron chi connectivity index (χ4n) is 3.14. The molecule has 2 rings (SSSR count). The van der Waals surface area contributed by atoms with Crippen LogP contribution in [0.25, 0.3) is 0 Å². The number of benzene rings is 1. The molecule has 1 amide bonds. The number of hydrogen-bond acceptors (Lipinski definition) is 5. The lowest BCUT2D eigenvalue weighted by atomic mass is 9.99. The number of carbonyl (C=O) groups is 1. The summed E-state index contributed by atoms with van der Waals surface area (Å²) in [4.78, 5) is 16.0. The van der Waals surface area contributed by atoms with Gasteiger partial charge in [0, 0.05) is 25.5 Å². The zero-order valence-electron chi connectivity index (χ0n) is 18.9. The molecule has 0 fully saturated rings. The molecule has 0 atom stereocenters. The van der Waals surface area contributed by atoms with Crippen LogP contribution >= 0.6 is 24.0 Å². The molecule has 0 saturated carbocycles. The number of carbonyl (C=O) groups excluding carboxylic acids is 1. The predicted molar refractivity (Wildman–Crippen MR) is 134 cm³/mol. The van der Waals surface area contributed by atoms with Gasteiger partial charge in [-0.25, -0.2) is 4.99 Å². The molecule has 3 N–H and O–H groups in total. The van der Waals surface area contributed by atoms with Gasteiger partial charge in [0.2, 0.25) is 5.91 Å². The highest BCUT2D eigenvalue weighted by Crippen LogP contribution is 2.26. The second-order valence-corrected chi connectivity index (χ2v) is 7.00. The Bertz CT molecular complexity index is 849. The Morgan fingerprint density at radius 2 is 1.94 bits per heavy atom. The van der Waals surface area contributed by atoms with Gasteiger partial charge in [0.25, 0.3) is 0 Å². The third-order valence-corrected chi connectivity index (χ3v) is 4.75. The minimum atomic E-state index is -0.149. The van der Waals surface area contributed by atoms with Crippen molar-refractivity contribution in [2.45, 2.75) is 59.5 Å². The average molecular weight is 543 g/mol. The molecule has 172 valence electrons. The quantitative estimate of drug-likeness (QED) is 0.233. The van der Waals surface area contributed by atoms with E-state index in [1.807, 2.05) is 31.2 Å². The maximum atomic E-state index is 11.4. The molecule has 2 aromatic rings. The van der Waals surface area contributed by atoms with Gasteiger partial charge in [0.15, 0.2) is 11.7 Å². The number of ether oxygens (including phenoxy) is 1. The number of rotatable bonds is 10. The first kappa shape index (κ1) is 26.7. The number of amides is 1. The van der Waals surface area contributed by atoms with E-state index in [1.54, 1.807) is 7.11 Å². The zero-order valence-corrected chi connectivity index (χ0v) is 21.3. The number of hydrogen-bond donors (Lipinski definition) is 3. The lowest BCUT2D eigenvalue weighted by Crippen LogP contribution is -2.36. The van der Waals surface area contributed by atoms with Gasteiger partial charge in [-0.3, -0.25) is 4.79 Å². The van der Waals surface area contributed by atoms with Gasteiger partial charge in [0.1, 0.15) is 5.75 Å². The summed E-state index contributed by atoms with van der Waals surface area (Å²) < 4.78 is 10.8. The van der Waals surface area contributed by atoms with Crippen LogP contribution in [0.4, 0.5) is 5.69 Å². The lowest BCUT2D eigenvalue weighted by molar-refractivity contribution is -0.114. The standard InChI is InChI=1S/C22H33N5O3.HI/c1-6-17(7-2)19-12-18(30-27-19)14-25-22(23-8-3)24-13-16-9-10-21(29-5)20(11-16)26-15(4)28;/h9-12,17H,6-8,13-14H2,1-5H3,(H,26,28)(H2,23,24,25);1H. The summed E-state index contributed by atoms with van der Waals surface area (Å²) >= 11 is 0. The van der Waals surface area contributed by atoms with Crippen LogP contribution in [0.2, 0.25) is 0 Å². The number of anilines is 1. The normalized spacial score (nSPS) is 11.1. The monoisotopic (exact) mass is 543 g/mol. The van der Waals surface area contributed by atoms with E-state index in [0.29, 0.717) is 36.4 Å². The van der Waals surface area contributed by atoms with Crippen LogP contribution < -0.4 is 20.7 Å². The lowest BCUT2D eigenvalue weighted by Gasteiger charge is -2.12. The van der Waals surface area contributed by atoms with Crippen molar-refractivity contribution < 1.29 is 14.1 Å². The van der Waals surface area contributed by atoms with Crippen LogP contribution in [0.5, 0.6) is 5.75 Å². The Kier molecular flexibility index (Phi) is 12.0. The topological polar surface area (TPSA) is 101 Å². The van der Waals surface area contributed by atoms with E-state index in [1.165, 1.54) is 6.92 Å². The van der Waals surface area contributed by atoms with E-state index in [0.717, 1.165) is 36.4 Å². The van der Waals surface area contributed by atoms with Gasteiger partial charge in [0.05, 0.1) is 31.6 Å². The molecular formula is C22H34IN5O3. The molecule has 1 heterocycles. The molecule has 1 aromatic carbocycles. The molecule has 0 bridgehead atoms. The second-order valence-electron chi connectivity index (χ2n) is 7.00. The van der Waals surface area contributed by atoms with Crippen LogP contribution in [0.1, 0.15) is 63.5 Å². The Hall–Kier alpha value is -2.30. The minimum Gasteiger partial charge on any atom is -0.495 e. The van der Waals surface area contributed by atoms with Crippen molar-refractivity contribution in [1.82, 2.24) is 15.8 Å². The molecule has 0 saturated heterocycles. The van der Waals surface area contributed by atoms with Crippen molar-refractivity contribution in [1.29, 1.82) is 0 Å². The summed E-state index contributed by atoms with van der Waals surface area (Å²) in [5.41, 5.74) is 2.58. The van der Waals surface area contributed by atoms with E-state index < -0.39 is 0 Å². The van der Waals surface area contributed by atoms with Crippen molar-refractivity contribution in [2.75, 3.05) is 19.0 Å². The summed E-state index contributed by atoms with van der Waals surface area (Å²) in [6, 6.07) is 7.63. The maximum absolute atomic E-state index is 11.4. The molecule has 31 heavy (non-hydrogen) atoms. The Labute approximate surface area is 201 Å². The van der Waals surface area contributed by atoms with Crippen molar-refractivity contribution >= 4 is 41.5 Å². The molecular weight excluding hydrogens is 509 g/mol. The fraction of sp³-hybridized carbons (Fsp3) is 0.500. The molecule has 0 spiro atoms. The number of methoxy groups -OCH3 is 1. The first-order valence-electron chi connectivity index (χ1n) is 10.4. The molecule has 1 aromatic heterocycles. The van der Waals surface area contributed by atoms with Gasteiger partial charge in [-0.05, 0) is 37.5 Å². The second kappa shape index (κ2) is 13.9. The number of nitrogens with zero attached hydrogens (tertiary/aromatic N) is 2. The van der Waals surface area contributed by atoms with Crippen LogP contribution in [0.15, 0.2) is 33.8 Å². The summed E-state index contributed by atoms with van der Waals surface area (Å²) in [5.74, 6) is 2.34. The third kappa shape index (κ3) is 8.39. The van der Waals surface area contributed by atoms with Crippen molar-refractivity contribution in [3.8, 4) is 5.75 Å². The Morgan fingerprint density at radius 1 is 1.19 bits per heavy atom. The first-order valence-corrected chi connectivity index (χ1v) is 10.4. The highest BCUT2D eigenvalue weighted by molar-refractivity contribution is 14.0. The van der Waals surface area contributed by atoms with Crippen molar-refractivity contribution in [3.63, 3.8) is 0 Å². The Morgan fingerprint density at radius 3 is 2.55 bits per heavy atom. The zero-order chi connectivity index (χ0) is 21.9. The summed E-state index contributed by atoms with van der Waals surface area (Å²) in [5, 5.41) is 13.5. The maximum Gasteiger partial charge on any atom is 0.221 e. The minimum absolute atomic E-state index is 0. The van der Waals surface area contributed by atoms with Crippen molar-refractivity contribution in [3.05, 3.63) is 41.3 Å². The highest BCUT2D eigenvalue weighted by Gasteiger charge is 2.13. The van der Waals surface area contributed by atoms with Crippen LogP contribution in [-0.2, 0) is 17.9 Å². The van der Waals surface area contributed by atoms with Gasteiger partial charge in [-0.2, -0.15) is 0 Å². The van der Waals surface area contributed by atoms with Gasteiger partial charge < -0.3 is 25.2 Å². The highest BCUT2D eigenvalue weighted by atomic mass is 127. The van der Waals surface area contributed by atoms with Gasteiger partial charge in [-0.15, -0.1) is 24.0 Å². The molecule has 0 unspecified atom stereocenters. The van der Waals surface area contributed by atoms with Crippen molar-refractivity contribution in [2.24, 2.45) is 4.99 Å². The predicted octanol–water partition coefficient (Wildman–Crippen LogP) is 4.42. The van der Waals surface area contributed by atoms with Crippen LogP contribution in [-0.4, -0.2) is 30.7 Å². The molecule has 0 radical (unpaired) electrons. The number of guanidine groups is 1. The molecule has 9 heteroatoms. The first-order chi connectivity index (χ1) is 14.5. The molecule has 0 aliphatic rings. The molecule has 0 aliphatic heterocycles. The van der Waals surface area contributed by atoms with Gasteiger partial charge >= 0.3 is 0 Å². The smallest absolute Gasteiger partial charge is 0.221 e. The number of aliphatic imine (C=N–C) groups is 1. The van der Waals surface area contributed by atoms with Crippen LogP contribution in [0, 0.1) is 0 Å².